The molecule has 0 spiro atoms. The Morgan fingerprint density at radius 2 is 1.69 bits per heavy atom. The third-order valence-electron chi connectivity index (χ3n) is 6.18. The van der Waals surface area contributed by atoms with Crippen LogP contribution >= 0.6 is 0 Å². The minimum absolute atomic E-state index is 0.149. The second-order valence-corrected chi connectivity index (χ2v) is 10.2. The summed E-state index contributed by atoms with van der Waals surface area (Å²) in [7, 11) is -1.19. The number of sulfonamides is 1. The summed E-state index contributed by atoms with van der Waals surface area (Å²) in [5, 5.41) is 1.06. The van der Waals surface area contributed by atoms with Gasteiger partial charge in [-0.2, -0.15) is 4.31 Å². The third kappa shape index (κ3) is 5.63. The van der Waals surface area contributed by atoms with Crippen molar-refractivity contribution < 1.29 is 27.1 Å². The van der Waals surface area contributed by atoms with Crippen molar-refractivity contribution in [3.63, 3.8) is 0 Å². The number of nitrogens with zero attached hydrogens (tertiary/aromatic N) is 2. The first-order valence-corrected chi connectivity index (χ1v) is 12.8. The Balaban J connectivity index is 2.05. The molecule has 36 heavy (non-hydrogen) atoms. The molecule has 2 aromatic carbocycles. The Kier molecular flexibility index (Phi) is 8.27. The number of benzene rings is 2. The lowest BCUT2D eigenvalue weighted by molar-refractivity contribution is 0.0588. The molecule has 190 valence electrons. The Morgan fingerprint density at radius 3 is 2.28 bits per heavy atom. The smallest absolute Gasteiger partial charge is 0.354 e. The summed E-state index contributed by atoms with van der Waals surface area (Å²) in [4.78, 5) is 26.0. The summed E-state index contributed by atoms with van der Waals surface area (Å²) in [5.74, 6) is -1.51. The lowest BCUT2D eigenvalue weighted by atomic mass is 10.0. The van der Waals surface area contributed by atoms with E-state index in [0.717, 1.165) is 9.71 Å². The van der Waals surface area contributed by atoms with Crippen LogP contribution in [0.3, 0.4) is 0 Å². The van der Waals surface area contributed by atoms with Crippen LogP contribution < -0.4 is 0 Å². The van der Waals surface area contributed by atoms with Gasteiger partial charge in [-0.15, -0.1) is 0 Å². The Bertz CT molecular complexity index is 1390. The van der Waals surface area contributed by atoms with E-state index in [2.05, 4.69) is 0 Å². The van der Waals surface area contributed by atoms with Crippen molar-refractivity contribution in [2.75, 3.05) is 7.11 Å². The van der Waals surface area contributed by atoms with Crippen LogP contribution in [0.4, 0.5) is 4.39 Å². The quantitative estimate of drug-likeness (QED) is 0.308. The molecule has 0 bridgehead atoms. The Labute approximate surface area is 210 Å². The number of carbonyl (C=O) groups is 2. The van der Waals surface area contributed by atoms with Gasteiger partial charge in [0.25, 0.3) is 0 Å². The second-order valence-electron chi connectivity index (χ2n) is 8.45. The van der Waals surface area contributed by atoms with E-state index in [4.69, 9.17) is 4.74 Å². The first-order valence-electron chi connectivity index (χ1n) is 11.3. The normalized spacial score (nSPS) is 12.8. The number of halogens is 1. The maximum Gasteiger partial charge on any atom is 0.354 e. The number of rotatable bonds is 9. The van der Waals surface area contributed by atoms with E-state index in [-0.39, 0.29) is 17.8 Å². The van der Waals surface area contributed by atoms with Gasteiger partial charge in [-0.3, -0.25) is 4.79 Å². The molecule has 0 aliphatic heterocycles. The summed E-state index contributed by atoms with van der Waals surface area (Å²) < 4.78 is 47.9. The number of Topliss-reactive ketones (excluding diaryl/α,β-unsaturated/α-hetero) is 1. The highest BCUT2D eigenvalue weighted by Gasteiger charge is 2.34. The highest BCUT2D eigenvalue weighted by atomic mass is 32.2. The highest BCUT2D eigenvalue weighted by Crippen LogP contribution is 2.26. The molecule has 0 aliphatic carbocycles. The summed E-state index contributed by atoms with van der Waals surface area (Å²) >= 11 is 0. The second kappa shape index (κ2) is 11.0. The lowest BCUT2D eigenvalue weighted by Gasteiger charge is -2.26. The predicted octanol–water partition coefficient (Wildman–Crippen LogP) is 4.64. The van der Waals surface area contributed by atoms with Crippen molar-refractivity contribution in [2.45, 2.75) is 33.4 Å². The monoisotopic (exact) mass is 512 g/mol. The minimum atomic E-state index is -4.09. The molecule has 1 unspecified atom stereocenters. The standard InChI is InChI=1S/C27H29FN2O5S/c1-18-24(19(2)29(4)25(18)27(32)35-5)26(31)20(3)30(17-22-11-13-23(28)14-12-22)36(33,34)16-15-21-9-7-6-8-10-21/h6-16,20H,17H2,1-5H3/b16-15+. The average molecular weight is 513 g/mol. The molecule has 3 aromatic rings. The van der Waals surface area contributed by atoms with Gasteiger partial charge < -0.3 is 9.30 Å². The van der Waals surface area contributed by atoms with Crippen LogP contribution in [0.1, 0.15) is 50.2 Å². The fourth-order valence-corrected chi connectivity index (χ4v) is 5.44. The zero-order chi connectivity index (χ0) is 26.6. The fourth-order valence-electron chi connectivity index (χ4n) is 4.09. The van der Waals surface area contributed by atoms with Crippen molar-refractivity contribution in [1.82, 2.24) is 8.87 Å². The van der Waals surface area contributed by atoms with Gasteiger partial charge in [0.2, 0.25) is 10.0 Å². The van der Waals surface area contributed by atoms with E-state index >= 15 is 0 Å². The van der Waals surface area contributed by atoms with E-state index in [9.17, 15) is 22.4 Å². The SMILES string of the molecule is COC(=O)c1c(C)c(C(=O)C(C)N(Cc2ccc(F)cc2)S(=O)(=O)/C=C/c2ccccc2)c(C)n1C. The van der Waals surface area contributed by atoms with Crippen LogP contribution in [0, 0.1) is 19.7 Å². The van der Waals surface area contributed by atoms with Crippen LogP contribution in [-0.2, 0) is 28.4 Å². The first-order chi connectivity index (χ1) is 17.0. The van der Waals surface area contributed by atoms with E-state index in [0.29, 0.717) is 22.4 Å². The van der Waals surface area contributed by atoms with Crippen molar-refractivity contribution >= 4 is 27.9 Å². The zero-order valence-corrected chi connectivity index (χ0v) is 21.7. The van der Waals surface area contributed by atoms with Crippen molar-refractivity contribution in [3.8, 4) is 0 Å². The van der Waals surface area contributed by atoms with Gasteiger partial charge in [-0.25, -0.2) is 17.6 Å². The van der Waals surface area contributed by atoms with Gasteiger partial charge in [-0.05, 0) is 55.7 Å². The number of hydrogen-bond acceptors (Lipinski definition) is 5. The van der Waals surface area contributed by atoms with E-state index in [1.807, 2.05) is 6.07 Å². The summed E-state index contributed by atoms with van der Waals surface area (Å²) in [6.45, 7) is 4.67. The summed E-state index contributed by atoms with van der Waals surface area (Å²) in [5.41, 5.74) is 2.62. The van der Waals surface area contributed by atoms with Gasteiger partial charge >= 0.3 is 5.97 Å². The molecule has 9 heteroatoms. The molecule has 1 aromatic heterocycles. The molecule has 3 rings (SSSR count). The average Bonchev–Trinajstić information content (AvgIpc) is 3.09. The number of ether oxygens (including phenoxy) is 1. The van der Waals surface area contributed by atoms with E-state index in [1.165, 1.54) is 44.4 Å². The molecule has 0 saturated carbocycles. The van der Waals surface area contributed by atoms with E-state index < -0.39 is 33.6 Å². The number of hydrogen-bond donors (Lipinski definition) is 0. The molecule has 0 amide bonds. The van der Waals surface area contributed by atoms with Gasteiger partial charge in [0.05, 0.1) is 13.2 Å². The number of carbonyl (C=O) groups excluding carboxylic acids is 2. The van der Waals surface area contributed by atoms with Crippen LogP contribution in [0.2, 0.25) is 0 Å². The van der Waals surface area contributed by atoms with Crippen molar-refractivity contribution in [2.24, 2.45) is 7.05 Å². The molecule has 0 radical (unpaired) electrons. The van der Waals surface area contributed by atoms with Gasteiger partial charge in [0.1, 0.15) is 11.5 Å². The lowest BCUT2D eigenvalue weighted by Crippen LogP contribution is -2.42. The van der Waals surface area contributed by atoms with Crippen LogP contribution in [0.15, 0.2) is 60.0 Å². The topological polar surface area (TPSA) is 85.7 Å². The van der Waals surface area contributed by atoms with Crippen molar-refractivity contribution in [3.05, 3.63) is 99.5 Å². The first kappa shape index (κ1) is 27.0. The Morgan fingerprint density at radius 1 is 1.08 bits per heavy atom. The number of aromatic nitrogens is 1. The predicted molar refractivity (Wildman–Crippen MR) is 136 cm³/mol. The van der Waals surface area contributed by atoms with Gasteiger partial charge in [-0.1, -0.05) is 42.5 Å². The molecule has 0 aliphatic rings. The highest BCUT2D eigenvalue weighted by molar-refractivity contribution is 7.92. The molecule has 0 saturated heterocycles. The maximum atomic E-state index is 13.7. The minimum Gasteiger partial charge on any atom is -0.464 e. The van der Waals surface area contributed by atoms with Crippen LogP contribution in [0.5, 0.6) is 0 Å². The molecular weight excluding hydrogens is 483 g/mol. The van der Waals surface area contributed by atoms with Gasteiger partial charge in [0.15, 0.2) is 5.78 Å². The molecular formula is C27H29FN2O5S. The molecule has 7 nitrogen and oxygen atoms in total. The molecule has 1 heterocycles. The summed E-state index contributed by atoms with van der Waals surface area (Å²) in [6, 6.07) is 13.2. The molecule has 0 fully saturated rings. The zero-order valence-electron chi connectivity index (χ0n) is 20.9. The fraction of sp³-hybridized carbons (Fsp3) is 0.259. The third-order valence-corrected chi connectivity index (χ3v) is 7.76. The number of esters is 1. The van der Waals surface area contributed by atoms with Crippen LogP contribution in [-0.4, -0.2) is 42.2 Å². The largest absolute Gasteiger partial charge is 0.464 e. The maximum absolute atomic E-state index is 13.7. The number of ketones is 1. The molecule has 0 N–H and O–H groups in total. The van der Waals surface area contributed by atoms with Crippen molar-refractivity contribution in [1.29, 1.82) is 0 Å². The van der Waals surface area contributed by atoms with Crippen LogP contribution in [0.25, 0.3) is 6.08 Å². The molecule has 1 atom stereocenters. The van der Waals surface area contributed by atoms with Gasteiger partial charge in [0, 0.05) is 30.3 Å². The summed E-state index contributed by atoms with van der Waals surface area (Å²) in [6.07, 6.45) is 1.46. The number of methoxy groups -OCH3 is 1. The van der Waals surface area contributed by atoms with E-state index in [1.54, 1.807) is 49.7 Å². The Hall–Kier alpha value is -3.56.